The van der Waals surface area contributed by atoms with Crippen LogP contribution in [0.5, 0.6) is 0 Å². The second-order valence-corrected chi connectivity index (χ2v) is 5.29. The molecule has 2 N–H and O–H groups in total. The molecular weight excluding hydrogens is 345 g/mol. The number of halogens is 3. The molecule has 1 atom stereocenters. The zero-order chi connectivity index (χ0) is 14.8. The van der Waals surface area contributed by atoms with Crippen LogP contribution >= 0.6 is 35.6 Å². The van der Waals surface area contributed by atoms with Crippen molar-refractivity contribution >= 4 is 41.6 Å². The van der Waals surface area contributed by atoms with Gasteiger partial charge in [-0.15, -0.1) is 12.4 Å². The standard InChI is InChI=1S/C14H13Cl2N5.ClH/c1-17-14-19-4-5-21(14)13(12-7-18-8-20-12)9-2-3-10(15)11(16)6-9;/h2-8,13H,1H3,(H,17,19)(H,18,20);1H. The Balaban J connectivity index is 0.00000176. The minimum absolute atomic E-state index is 0. The normalized spacial score (nSPS) is 11.8. The topological polar surface area (TPSA) is 58.5 Å². The van der Waals surface area contributed by atoms with Gasteiger partial charge in [0.15, 0.2) is 0 Å². The summed E-state index contributed by atoms with van der Waals surface area (Å²) in [6, 6.07) is 5.43. The summed E-state index contributed by atoms with van der Waals surface area (Å²) in [7, 11) is 1.83. The molecule has 0 aliphatic rings. The van der Waals surface area contributed by atoms with Gasteiger partial charge in [0.05, 0.1) is 22.1 Å². The average Bonchev–Trinajstić information content (AvgIpc) is 3.15. The molecule has 2 aromatic heterocycles. The summed E-state index contributed by atoms with van der Waals surface area (Å²) in [5.41, 5.74) is 1.84. The first-order valence-corrected chi connectivity index (χ1v) is 7.10. The van der Waals surface area contributed by atoms with Gasteiger partial charge in [0.2, 0.25) is 5.95 Å². The highest BCUT2D eigenvalue weighted by molar-refractivity contribution is 6.42. The molecule has 22 heavy (non-hydrogen) atoms. The third-order valence-electron chi connectivity index (χ3n) is 3.23. The van der Waals surface area contributed by atoms with E-state index in [9.17, 15) is 0 Å². The minimum atomic E-state index is -0.143. The van der Waals surface area contributed by atoms with Crippen molar-refractivity contribution in [2.45, 2.75) is 6.04 Å². The second kappa shape index (κ2) is 7.05. The molecule has 2 heterocycles. The van der Waals surface area contributed by atoms with Crippen molar-refractivity contribution in [3.8, 4) is 0 Å². The number of hydrogen-bond donors (Lipinski definition) is 2. The van der Waals surface area contributed by atoms with E-state index in [0.29, 0.717) is 10.0 Å². The van der Waals surface area contributed by atoms with Crippen LogP contribution in [0.4, 0.5) is 5.95 Å². The Morgan fingerprint density at radius 2 is 2.05 bits per heavy atom. The lowest BCUT2D eigenvalue weighted by atomic mass is 10.0. The van der Waals surface area contributed by atoms with Crippen LogP contribution in [0.15, 0.2) is 43.1 Å². The molecule has 0 bridgehead atoms. The maximum absolute atomic E-state index is 6.15. The molecule has 0 spiro atoms. The Kier molecular flexibility index (Phi) is 5.34. The van der Waals surface area contributed by atoms with Crippen LogP contribution in [-0.4, -0.2) is 26.6 Å². The third-order valence-corrected chi connectivity index (χ3v) is 3.97. The molecule has 116 valence electrons. The van der Waals surface area contributed by atoms with Gasteiger partial charge in [0, 0.05) is 25.6 Å². The van der Waals surface area contributed by atoms with Gasteiger partial charge in [-0.1, -0.05) is 29.3 Å². The van der Waals surface area contributed by atoms with E-state index in [1.165, 1.54) is 0 Å². The summed E-state index contributed by atoms with van der Waals surface area (Å²) in [6.45, 7) is 0. The van der Waals surface area contributed by atoms with Crippen LogP contribution in [0.2, 0.25) is 10.0 Å². The van der Waals surface area contributed by atoms with Crippen LogP contribution in [-0.2, 0) is 0 Å². The molecule has 8 heteroatoms. The number of aromatic nitrogens is 4. The Labute approximate surface area is 144 Å². The molecule has 0 amide bonds. The molecule has 3 aromatic rings. The monoisotopic (exact) mass is 357 g/mol. The number of imidazole rings is 2. The Morgan fingerprint density at radius 3 is 2.68 bits per heavy atom. The van der Waals surface area contributed by atoms with Gasteiger partial charge in [-0.3, -0.25) is 0 Å². The largest absolute Gasteiger partial charge is 0.359 e. The van der Waals surface area contributed by atoms with Crippen molar-refractivity contribution in [1.29, 1.82) is 0 Å². The van der Waals surface area contributed by atoms with E-state index in [4.69, 9.17) is 23.2 Å². The highest BCUT2D eigenvalue weighted by Gasteiger charge is 2.21. The molecule has 1 unspecified atom stereocenters. The van der Waals surface area contributed by atoms with Crippen molar-refractivity contribution in [2.75, 3.05) is 12.4 Å². The van der Waals surface area contributed by atoms with Gasteiger partial charge in [0.1, 0.15) is 6.04 Å². The van der Waals surface area contributed by atoms with Crippen LogP contribution in [0.3, 0.4) is 0 Å². The molecule has 5 nitrogen and oxygen atoms in total. The quantitative estimate of drug-likeness (QED) is 0.740. The third kappa shape index (κ3) is 3.06. The Bertz CT molecular complexity index is 739. The first kappa shape index (κ1) is 16.7. The number of nitrogens with zero attached hydrogens (tertiary/aromatic N) is 3. The lowest BCUT2D eigenvalue weighted by molar-refractivity contribution is 0.668. The van der Waals surface area contributed by atoms with Gasteiger partial charge in [-0.2, -0.15) is 0 Å². The fraction of sp³-hybridized carbons (Fsp3) is 0.143. The highest BCUT2D eigenvalue weighted by Crippen LogP contribution is 2.32. The van der Waals surface area contributed by atoms with Gasteiger partial charge in [-0.25, -0.2) is 9.97 Å². The summed E-state index contributed by atoms with van der Waals surface area (Å²) in [5, 5.41) is 4.11. The fourth-order valence-electron chi connectivity index (χ4n) is 2.29. The summed E-state index contributed by atoms with van der Waals surface area (Å²) in [4.78, 5) is 11.6. The summed E-state index contributed by atoms with van der Waals surface area (Å²) in [6.07, 6.45) is 7.14. The van der Waals surface area contributed by atoms with E-state index in [1.54, 1.807) is 18.6 Å². The molecular formula is C14H14Cl3N5. The van der Waals surface area contributed by atoms with Crippen LogP contribution in [0, 0.1) is 0 Å². The number of rotatable bonds is 4. The number of nitrogens with one attached hydrogen (secondary N) is 2. The number of aromatic amines is 1. The smallest absolute Gasteiger partial charge is 0.203 e. The van der Waals surface area contributed by atoms with E-state index < -0.39 is 0 Å². The van der Waals surface area contributed by atoms with Gasteiger partial charge >= 0.3 is 0 Å². The van der Waals surface area contributed by atoms with E-state index in [1.807, 2.05) is 36.1 Å². The first-order chi connectivity index (χ1) is 10.2. The van der Waals surface area contributed by atoms with E-state index in [0.717, 1.165) is 17.2 Å². The first-order valence-electron chi connectivity index (χ1n) is 6.35. The highest BCUT2D eigenvalue weighted by atomic mass is 35.5. The van der Waals surface area contributed by atoms with Gasteiger partial charge < -0.3 is 14.9 Å². The summed E-state index contributed by atoms with van der Waals surface area (Å²) < 4.78 is 2.00. The van der Waals surface area contributed by atoms with E-state index in [-0.39, 0.29) is 18.4 Å². The van der Waals surface area contributed by atoms with E-state index in [2.05, 4.69) is 20.3 Å². The Morgan fingerprint density at radius 1 is 1.23 bits per heavy atom. The number of benzene rings is 1. The molecule has 0 aliphatic carbocycles. The second-order valence-electron chi connectivity index (χ2n) is 4.48. The predicted octanol–water partition coefficient (Wildman–Crippen LogP) is 4.01. The predicted molar refractivity (Wildman–Crippen MR) is 91.3 cm³/mol. The molecule has 0 saturated heterocycles. The van der Waals surface area contributed by atoms with Crippen molar-refractivity contribution < 1.29 is 0 Å². The van der Waals surface area contributed by atoms with Crippen LogP contribution in [0.1, 0.15) is 17.3 Å². The number of hydrogen-bond acceptors (Lipinski definition) is 3. The lowest BCUT2D eigenvalue weighted by Gasteiger charge is -2.20. The molecule has 0 radical (unpaired) electrons. The maximum Gasteiger partial charge on any atom is 0.203 e. The van der Waals surface area contributed by atoms with Crippen molar-refractivity contribution in [3.63, 3.8) is 0 Å². The molecule has 0 fully saturated rings. The zero-order valence-electron chi connectivity index (χ0n) is 11.6. The molecule has 0 saturated carbocycles. The van der Waals surface area contributed by atoms with Gasteiger partial charge in [-0.05, 0) is 17.7 Å². The van der Waals surface area contributed by atoms with Crippen molar-refractivity contribution in [3.05, 3.63) is 64.4 Å². The van der Waals surface area contributed by atoms with Crippen LogP contribution in [0.25, 0.3) is 0 Å². The Hall–Kier alpha value is -1.69. The number of H-pyrrole nitrogens is 1. The zero-order valence-corrected chi connectivity index (χ0v) is 14.0. The van der Waals surface area contributed by atoms with Gasteiger partial charge in [0.25, 0.3) is 0 Å². The fourth-order valence-corrected chi connectivity index (χ4v) is 2.60. The molecule has 1 aromatic carbocycles. The molecule has 0 aliphatic heterocycles. The summed E-state index contributed by atoms with van der Waals surface area (Å²) >= 11 is 12.2. The minimum Gasteiger partial charge on any atom is -0.359 e. The summed E-state index contributed by atoms with van der Waals surface area (Å²) in [5.74, 6) is 0.745. The van der Waals surface area contributed by atoms with E-state index >= 15 is 0 Å². The van der Waals surface area contributed by atoms with Crippen molar-refractivity contribution in [1.82, 2.24) is 19.5 Å². The molecule has 3 rings (SSSR count). The average molecular weight is 359 g/mol. The SMILES string of the molecule is CNc1nccn1C(c1ccc(Cl)c(Cl)c1)c1c[nH]cn1.Cl. The van der Waals surface area contributed by atoms with Crippen LogP contribution < -0.4 is 5.32 Å². The van der Waals surface area contributed by atoms with Crippen molar-refractivity contribution in [2.24, 2.45) is 0 Å². The number of anilines is 1. The maximum atomic E-state index is 6.15. The lowest BCUT2D eigenvalue weighted by Crippen LogP contribution is -2.14.